The lowest BCUT2D eigenvalue weighted by Crippen LogP contribution is -2.35. The number of nitrogens with zero attached hydrogens (tertiary/aromatic N) is 1. The number of amides is 2. The molecule has 2 fully saturated rings. The predicted molar refractivity (Wildman–Crippen MR) is 67.7 cm³/mol. The minimum atomic E-state index is -0.0411. The average Bonchev–Trinajstić information content (AvgIpc) is 2.94. The van der Waals surface area contributed by atoms with Gasteiger partial charge >= 0.3 is 0 Å². The van der Waals surface area contributed by atoms with E-state index in [-0.39, 0.29) is 17.7 Å². The summed E-state index contributed by atoms with van der Waals surface area (Å²) in [5.74, 6) is 0.584. The number of hydrogen-bond acceptors (Lipinski definition) is 2. The van der Waals surface area contributed by atoms with Crippen molar-refractivity contribution in [3.05, 3.63) is 35.9 Å². The highest BCUT2D eigenvalue weighted by Gasteiger charge is 2.44. The number of hydrogen-bond donors (Lipinski definition) is 0. The van der Waals surface area contributed by atoms with Crippen LogP contribution in [0.2, 0.25) is 0 Å². The van der Waals surface area contributed by atoms with Crippen LogP contribution in [0.15, 0.2) is 30.3 Å². The van der Waals surface area contributed by atoms with E-state index >= 15 is 0 Å². The summed E-state index contributed by atoms with van der Waals surface area (Å²) in [4.78, 5) is 25.8. The van der Waals surface area contributed by atoms with Crippen molar-refractivity contribution in [2.45, 2.75) is 25.7 Å². The summed E-state index contributed by atoms with van der Waals surface area (Å²) in [6.45, 7) is 0.648. The predicted octanol–water partition coefficient (Wildman–Crippen LogP) is 2.01. The molecule has 1 aromatic carbocycles. The van der Waals surface area contributed by atoms with Crippen molar-refractivity contribution in [3.63, 3.8) is 0 Å². The zero-order valence-corrected chi connectivity index (χ0v) is 10.3. The molecule has 2 amide bonds. The smallest absolute Gasteiger partial charge is 0.233 e. The zero-order chi connectivity index (χ0) is 12.5. The number of carbonyl (C=O) groups excluding carboxylic acids is 2. The second-order valence-corrected chi connectivity index (χ2v) is 5.30. The summed E-state index contributed by atoms with van der Waals surface area (Å²) in [5, 5.41) is 0. The van der Waals surface area contributed by atoms with Gasteiger partial charge in [-0.1, -0.05) is 36.8 Å². The number of imide groups is 1. The van der Waals surface area contributed by atoms with Crippen LogP contribution in [0.3, 0.4) is 0 Å². The van der Waals surface area contributed by atoms with Gasteiger partial charge in [0.05, 0.1) is 6.42 Å². The van der Waals surface area contributed by atoms with Crippen LogP contribution < -0.4 is 0 Å². The van der Waals surface area contributed by atoms with Gasteiger partial charge in [0.25, 0.3) is 0 Å². The summed E-state index contributed by atoms with van der Waals surface area (Å²) < 4.78 is 0. The molecule has 1 aromatic rings. The molecule has 0 N–H and O–H groups in total. The molecule has 1 aliphatic heterocycles. The summed E-state index contributed by atoms with van der Waals surface area (Å²) in [5.41, 5.74) is 0.979. The minimum Gasteiger partial charge on any atom is -0.282 e. The molecule has 0 unspecified atom stereocenters. The third-order valence-electron chi connectivity index (χ3n) is 4.16. The molecule has 3 heteroatoms. The Morgan fingerprint density at radius 2 is 2.00 bits per heavy atom. The summed E-state index contributed by atoms with van der Waals surface area (Å²) in [6, 6.07) is 9.63. The van der Waals surface area contributed by atoms with Gasteiger partial charge in [-0.25, -0.2) is 0 Å². The number of likely N-dealkylation sites (tertiary alicyclic amines) is 1. The van der Waals surface area contributed by atoms with Crippen LogP contribution in [0.25, 0.3) is 0 Å². The van der Waals surface area contributed by atoms with E-state index in [0.29, 0.717) is 18.9 Å². The lowest BCUT2D eigenvalue weighted by Gasteiger charge is -2.15. The Labute approximate surface area is 107 Å². The lowest BCUT2D eigenvalue weighted by atomic mass is 10.0. The molecule has 1 saturated carbocycles. The van der Waals surface area contributed by atoms with Gasteiger partial charge in [-0.3, -0.25) is 14.5 Å². The van der Waals surface area contributed by atoms with E-state index in [1.54, 1.807) is 0 Å². The van der Waals surface area contributed by atoms with Crippen molar-refractivity contribution < 1.29 is 9.59 Å². The Morgan fingerprint density at radius 1 is 1.22 bits per heavy atom. The maximum atomic E-state index is 12.2. The van der Waals surface area contributed by atoms with Crippen molar-refractivity contribution in [2.24, 2.45) is 11.8 Å². The topological polar surface area (TPSA) is 37.4 Å². The molecule has 0 bridgehead atoms. The Bertz CT molecular complexity index is 469. The molecule has 2 aliphatic rings. The second-order valence-electron chi connectivity index (χ2n) is 5.30. The first-order valence-electron chi connectivity index (χ1n) is 6.64. The van der Waals surface area contributed by atoms with Crippen molar-refractivity contribution in [1.29, 1.82) is 0 Å². The van der Waals surface area contributed by atoms with Gasteiger partial charge in [-0.2, -0.15) is 0 Å². The zero-order valence-electron chi connectivity index (χ0n) is 10.3. The van der Waals surface area contributed by atoms with E-state index in [2.05, 4.69) is 0 Å². The van der Waals surface area contributed by atoms with E-state index in [1.807, 2.05) is 30.3 Å². The van der Waals surface area contributed by atoms with Crippen LogP contribution in [0.5, 0.6) is 0 Å². The number of benzene rings is 1. The number of rotatable bonds is 2. The van der Waals surface area contributed by atoms with Gasteiger partial charge in [0.1, 0.15) is 0 Å². The monoisotopic (exact) mass is 243 g/mol. The highest BCUT2D eigenvalue weighted by molar-refractivity contribution is 5.99. The molecule has 3 nitrogen and oxygen atoms in total. The Kier molecular flexibility index (Phi) is 2.90. The summed E-state index contributed by atoms with van der Waals surface area (Å²) >= 11 is 0. The molecule has 1 heterocycles. The van der Waals surface area contributed by atoms with E-state index < -0.39 is 0 Å². The third-order valence-corrected chi connectivity index (χ3v) is 4.16. The van der Waals surface area contributed by atoms with Crippen molar-refractivity contribution >= 4 is 11.8 Å². The highest BCUT2D eigenvalue weighted by atomic mass is 16.2. The Hall–Kier alpha value is -1.64. The van der Waals surface area contributed by atoms with E-state index in [0.717, 1.165) is 24.8 Å². The van der Waals surface area contributed by atoms with E-state index in [9.17, 15) is 9.59 Å². The molecule has 1 aliphatic carbocycles. The molecular formula is C15H17NO2. The fraction of sp³-hybridized carbons (Fsp3) is 0.467. The lowest BCUT2D eigenvalue weighted by molar-refractivity contribution is -0.143. The Balaban J connectivity index is 1.69. The molecule has 18 heavy (non-hydrogen) atoms. The van der Waals surface area contributed by atoms with Crippen molar-refractivity contribution in [2.75, 3.05) is 6.54 Å². The normalized spacial score (nSPS) is 26.4. The van der Waals surface area contributed by atoms with Crippen LogP contribution in [-0.2, 0) is 16.0 Å². The molecule has 0 radical (unpaired) electrons. The molecular weight excluding hydrogens is 226 g/mol. The molecule has 3 rings (SSSR count). The van der Waals surface area contributed by atoms with Crippen LogP contribution in [0.4, 0.5) is 0 Å². The third kappa shape index (κ3) is 1.94. The van der Waals surface area contributed by atoms with Gasteiger partial charge in [0.15, 0.2) is 0 Å². The molecule has 0 spiro atoms. The molecule has 2 atom stereocenters. The van der Waals surface area contributed by atoms with Gasteiger partial charge in [0, 0.05) is 12.5 Å². The first-order chi connectivity index (χ1) is 8.75. The van der Waals surface area contributed by atoms with Crippen molar-refractivity contribution in [3.8, 4) is 0 Å². The fourth-order valence-electron chi connectivity index (χ4n) is 3.20. The van der Waals surface area contributed by atoms with E-state index in [4.69, 9.17) is 0 Å². The van der Waals surface area contributed by atoms with Gasteiger partial charge in [-0.05, 0) is 24.3 Å². The summed E-state index contributed by atoms with van der Waals surface area (Å²) in [6.07, 6.45) is 3.55. The largest absolute Gasteiger partial charge is 0.282 e. The summed E-state index contributed by atoms with van der Waals surface area (Å²) in [7, 11) is 0. The van der Waals surface area contributed by atoms with Gasteiger partial charge < -0.3 is 0 Å². The second kappa shape index (κ2) is 4.56. The highest BCUT2D eigenvalue weighted by Crippen LogP contribution is 2.38. The van der Waals surface area contributed by atoms with E-state index in [1.165, 1.54) is 4.90 Å². The average molecular weight is 243 g/mol. The number of fused-ring (bicyclic) bond motifs is 1. The van der Waals surface area contributed by atoms with Crippen LogP contribution in [0, 0.1) is 11.8 Å². The maximum Gasteiger partial charge on any atom is 0.233 e. The van der Waals surface area contributed by atoms with Gasteiger partial charge in [0.2, 0.25) is 11.8 Å². The fourth-order valence-corrected chi connectivity index (χ4v) is 3.20. The van der Waals surface area contributed by atoms with Crippen LogP contribution in [-0.4, -0.2) is 23.3 Å². The quantitative estimate of drug-likeness (QED) is 0.797. The molecule has 1 saturated heterocycles. The first-order valence-corrected chi connectivity index (χ1v) is 6.64. The maximum absolute atomic E-state index is 12.2. The molecule has 94 valence electrons. The van der Waals surface area contributed by atoms with Gasteiger partial charge in [-0.15, -0.1) is 0 Å². The SMILES string of the molecule is O=C(Cc1ccccc1)N1C[C@H]2CCC[C@H]2C1=O. The van der Waals surface area contributed by atoms with Crippen LogP contribution in [0.1, 0.15) is 24.8 Å². The number of carbonyl (C=O) groups is 2. The standard InChI is InChI=1S/C15H17NO2/c17-14(9-11-5-2-1-3-6-11)16-10-12-7-4-8-13(12)15(16)18/h1-3,5-6,12-13H,4,7-10H2/t12-,13-/m1/s1. The Morgan fingerprint density at radius 3 is 2.72 bits per heavy atom. The minimum absolute atomic E-state index is 0.0411. The van der Waals surface area contributed by atoms with Crippen LogP contribution >= 0.6 is 0 Å². The van der Waals surface area contributed by atoms with Crippen molar-refractivity contribution in [1.82, 2.24) is 4.90 Å². The first kappa shape index (κ1) is 11.5. The molecule has 0 aromatic heterocycles.